The molecule has 3 aromatic rings. The number of nitrogens with zero attached hydrogens (tertiary/aromatic N) is 3. The number of hydrogen-bond donors (Lipinski definition) is 2. The molecule has 168 valence electrons. The zero-order valence-corrected chi connectivity index (χ0v) is 18.9. The first kappa shape index (κ1) is 21.8. The average molecular weight is 436 g/mol. The number of carbonyl (C=O) groups excluding carboxylic acids is 2. The number of anilines is 2. The van der Waals surface area contributed by atoms with E-state index in [4.69, 9.17) is 4.74 Å². The summed E-state index contributed by atoms with van der Waals surface area (Å²) < 4.78 is 5.43. The number of amides is 1. The van der Waals surface area contributed by atoms with Gasteiger partial charge in [0.1, 0.15) is 5.75 Å². The normalized spacial score (nSPS) is 15.1. The number of aromatic nitrogens is 2. The molecule has 8 heteroatoms. The molecule has 1 amide bonds. The Labute approximate surface area is 187 Å². The number of ether oxygens (including phenoxy) is 1. The Morgan fingerprint density at radius 3 is 2.38 bits per heavy atom. The fourth-order valence-corrected chi connectivity index (χ4v) is 3.49. The third-order valence-electron chi connectivity index (χ3n) is 5.59. The van der Waals surface area contributed by atoms with Crippen LogP contribution in [0.25, 0.3) is 10.9 Å². The van der Waals surface area contributed by atoms with Crippen LogP contribution in [0.4, 0.5) is 11.5 Å². The third kappa shape index (κ3) is 4.75. The van der Waals surface area contributed by atoms with E-state index < -0.39 is 5.41 Å². The number of likely N-dealkylation sites (N-methyl/N-ethyl adjacent to an activating group) is 1. The first-order valence-electron chi connectivity index (χ1n) is 10.8. The Hall–Kier alpha value is -3.39. The third-order valence-corrected chi connectivity index (χ3v) is 5.59. The van der Waals surface area contributed by atoms with Crippen molar-refractivity contribution in [1.29, 1.82) is 0 Å². The maximum Gasteiger partial charge on any atom is 0.316 e. The Kier molecular flexibility index (Phi) is 5.88. The molecule has 1 aromatic heterocycles. The zero-order chi connectivity index (χ0) is 22.9. The predicted molar refractivity (Wildman–Crippen MR) is 125 cm³/mol. The quantitative estimate of drug-likeness (QED) is 0.481. The van der Waals surface area contributed by atoms with Gasteiger partial charge in [-0.15, -0.1) is 0 Å². The highest BCUT2D eigenvalue weighted by molar-refractivity contribution is 6.08. The lowest BCUT2D eigenvalue weighted by Gasteiger charge is -2.34. The second-order valence-electron chi connectivity index (χ2n) is 9.21. The molecular weight excluding hydrogens is 406 g/mol. The second-order valence-corrected chi connectivity index (χ2v) is 9.21. The van der Waals surface area contributed by atoms with Gasteiger partial charge >= 0.3 is 5.97 Å². The molecule has 1 saturated heterocycles. The van der Waals surface area contributed by atoms with Crippen LogP contribution in [0.5, 0.6) is 5.75 Å². The van der Waals surface area contributed by atoms with Crippen LogP contribution in [0.1, 0.15) is 31.1 Å². The molecule has 0 bridgehead atoms. The molecule has 1 aliphatic rings. The highest BCUT2D eigenvalue weighted by Gasteiger charge is 2.24. The monoisotopic (exact) mass is 435 g/mol. The van der Waals surface area contributed by atoms with E-state index in [2.05, 4.69) is 32.4 Å². The molecule has 0 atom stereocenters. The van der Waals surface area contributed by atoms with Crippen molar-refractivity contribution in [2.24, 2.45) is 5.41 Å². The van der Waals surface area contributed by atoms with Gasteiger partial charge in [0.2, 0.25) is 0 Å². The summed E-state index contributed by atoms with van der Waals surface area (Å²) in [5, 5.41) is 10.7. The Bertz CT molecular complexity index is 1120. The number of nitrogens with one attached hydrogen (secondary N) is 2. The first-order valence-corrected chi connectivity index (χ1v) is 10.8. The minimum atomic E-state index is -0.595. The summed E-state index contributed by atoms with van der Waals surface area (Å²) in [5.41, 5.74) is 1.76. The van der Waals surface area contributed by atoms with Crippen molar-refractivity contribution in [3.05, 3.63) is 48.0 Å². The van der Waals surface area contributed by atoms with Gasteiger partial charge in [-0.1, -0.05) is 0 Å². The van der Waals surface area contributed by atoms with Crippen LogP contribution in [0, 0.1) is 5.41 Å². The summed E-state index contributed by atoms with van der Waals surface area (Å²) in [6, 6.07) is 12.8. The summed E-state index contributed by atoms with van der Waals surface area (Å²) in [6.07, 6.45) is 0. The molecule has 0 unspecified atom stereocenters. The van der Waals surface area contributed by atoms with Gasteiger partial charge in [-0.3, -0.25) is 14.7 Å². The Morgan fingerprint density at radius 2 is 1.72 bits per heavy atom. The maximum absolute atomic E-state index is 12.8. The molecule has 0 radical (unpaired) electrons. The molecule has 1 aliphatic heterocycles. The highest BCUT2D eigenvalue weighted by Crippen LogP contribution is 2.27. The van der Waals surface area contributed by atoms with Crippen LogP contribution in [-0.2, 0) is 4.79 Å². The van der Waals surface area contributed by atoms with Crippen molar-refractivity contribution in [3.8, 4) is 5.75 Å². The van der Waals surface area contributed by atoms with Crippen molar-refractivity contribution >= 4 is 34.3 Å². The van der Waals surface area contributed by atoms with Gasteiger partial charge in [0.05, 0.1) is 10.9 Å². The summed E-state index contributed by atoms with van der Waals surface area (Å²) in [4.78, 5) is 29.5. The molecule has 32 heavy (non-hydrogen) atoms. The predicted octanol–water partition coefficient (Wildman–Crippen LogP) is 3.52. The number of aromatic amines is 1. The lowest BCUT2D eigenvalue weighted by molar-refractivity contribution is -0.142. The minimum absolute atomic E-state index is 0.230. The molecule has 2 heterocycles. The summed E-state index contributed by atoms with van der Waals surface area (Å²) >= 11 is 0. The maximum atomic E-state index is 12.8. The van der Waals surface area contributed by atoms with Crippen molar-refractivity contribution in [2.75, 3.05) is 43.4 Å². The molecule has 8 nitrogen and oxygen atoms in total. The van der Waals surface area contributed by atoms with Gasteiger partial charge in [-0.25, -0.2) is 0 Å². The minimum Gasteiger partial charge on any atom is -0.426 e. The van der Waals surface area contributed by atoms with E-state index in [9.17, 15) is 9.59 Å². The molecular formula is C24H29N5O3. The zero-order valence-electron chi connectivity index (χ0n) is 18.9. The van der Waals surface area contributed by atoms with E-state index in [1.165, 1.54) is 0 Å². The van der Waals surface area contributed by atoms with Crippen molar-refractivity contribution in [3.63, 3.8) is 0 Å². The summed E-state index contributed by atoms with van der Waals surface area (Å²) in [6.45, 7) is 9.43. The highest BCUT2D eigenvalue weighted by atomic mass is 16.5. The molecule has 1 fully saturated rings. The van der Waals surface area contributed by atoms with Crippen LogP contribution in [0.3, 0.4) is 0 Å². The number of esters is 1. The summed E-state index contributed by atoms with van der Waals surface area (Å²) in [5.74, 6) is 0.316. The van der Waals surface area contributed by atoms with E-state index >= 15 is 0 Å². The Balaban J connectivity index is 1.44. The van der Waals surface area contributed by atoms with Crippen LogP contribution in [0.2, 0.25) is 0 Å². The first-order chi connectivity index (χ1) is 15.2. The van der Waals surface area contributed by atoms with E-state index in [0.29, 0.717) is 22.6 Å². The fraction of sp³-hybridized carbons (Fsp3) is 0.375. The molecule has 2 N–H and O–H groups in total. The molecule has 2 aromatic carbocycles. The SMILES string of the molecule is CN1CCN(c2ccc(C(=O)Nc3n[nH]c4cc(OC(=O)C(C)(C)C)ccc34)cc2)CC1. The summed E-state index contributed by atoms with van der Waals surface area (Å²) in [7, 11) is 2.13. The van der Waals surface area contributed by atoms with Gasteiger partial charge in [-0.05, 0) is 64.2 Å². The number of hydrogen-bond acceptors (Lipinski definition) is 6. The number of rotatable bonds is 4. The van der Waals surface area contributed by atoms with Gasteiger partial charge in [0.25, 0.3) is 5.91 Å². The Morgan fingerprint density at radius 1 is 1.03 bits per heavy atom. The van der Waals surface area contributed by atoms with Gasteiger partial charge in [0.15, 0.2) is 5.82 Å². The van der Waals surface area contributed by atoms with Gasteiger partial charge < -0.3 is 19.9 Å². The number of fused-ring (bicyclic) bond motifs is 1. The average Bonchev–Trinajstić information content (AvgIpc) is 3.15. The number of H-pyrrole nitrogens is 1. The fourth-order valence-electron chi connectivity index (χ4n) is 3.49. The van der Waals surface area contributed by atoms with E-state index in [0.717, 1.165) is 37.3 Å². The van der Waals surface area contributed by atoms with Crippen LogP contribution < -0.4 is 15.0 Å². The van der Waals surface area contributed by atoms with Crippen LogP contribution in [-0.4, -0.2) is 60.2 Å². The topological polar surface area (TPSA) is 90.6 Å². The molecule has 4 rings (SSSR count). The van der Waals surface area contributed by atoms with E-state index in [1.54, 1.807) is 39.0 Å². The molecule has 0 spiro atoms. The standard InChI is InChI=1S/C24H29N5O3/c1-24(2,3)23(31)32-18-9-10-19-20(15-18)26-27-21(19)25-22(30)16-5-7-17(8-6-16)29-13-11-28(4)12-14-29/h5-10,15H,11-14H2,1-4H3,(H2,25,26,27,30). The molecule has 0 saturated carbocycles. The lowest BCUT2D eigenvalue weighted by Crippen LogP contribution is -2.44. The van der Waals surface area contributed by atoms with Crippen molar-refractivity contribution in [1.82, 2.24) is 15.1 Å². The van der Waals surface area contributed by atoms with E-state index in [-0.39, 0.29) is 11.9 Å². The van der Waals surface area contributed by atoms with Gasteiger partial charge in [0, 0.05) is 48.9 Å². The number of piperazine rings is 1. The van der Waals surface area contributed by atoms with Crippen molar-refractivity contribution in [2.45, 2.75) is 20.8 Å². The largest absolute Gasteiger partial charge is 0.426 e. The molecule has 0 aliphatic carbocycles. The number of benzene rings is 2. The smallest absolute Gasteiger partial charge is 0.316 e. The van der Waals surface area contributed by atoms with Crippen LogP contribution in [0.15, 0.2) is 42.5 Å². The van der Waals surface area contributed by atoms with Crippen LogP contribution >= 0.6 is 0 Å². The second kappa shape index (κ2) is 8.63. The van der Waals surface area contributed by atoms with Gasteiger partial charge in [-0.2, -0.15) is 5.10 Å². The van der Waals surface area contributed by atoms with E-state index in [1.807, 2.05) is 24.3 Å². The number of carbonyl (C=O) groups is 2. The van der Waals surface area contributed by atoms with Crippen molar-refractivity contribution < 1.29 is 14.3 Å². The lowest BCUT2D eigenvalue weighted by atomic mass is 9.97.